The molecule has 0 saturated carbocycles. The van der Waals surface area contributed by atoms with Crippen molar-refractivity contribution in [2.75, 3.05) is 11.9 Å². The number of hydrogen-bond donors (Lipinski definition) is 3. The first-order valence-corrected chi connectivity index (χ1v) is 6.79. The second-order valence-electron chi connectivity index (χ2n) is 4.90. The van der Waals surface area contributed by atoms with Crippen LogP contribution >= 0.6 is 0 Å². The number of carbonyl (C=O) groups excluding carboxylic acids is 1. The summed E-state index contributed by atoms with van der Waals surface area (Å²) in [6, 6.07) is 3.91. The number of nitrogens with two attached hydrogens (primary N) is 1. The number of nitrogens with zero attached hydrogens (tertiary/aromatic N) is 1. The number of ether oxygens (including phenoxy) is 1. The molecule has 6 nitrogen and oxygen atoms in total. The van der Waals surface area contributed by atoms with E-state index >= 15 is 0 Å². The predicted octanol–water partition coefficient (Wildman–Crippen LogP) is 1.82. The van der Waals surface area contributed by atoms with Crippen LogP contribution in [0, 0.1) is 5.82 Å². The van der Waals surface area contributed by atoms with Gasteiger partial charge in [-0.1, -0.05) is 5.16 Å². The zero-order chi connectivity index (χ0) is 15.2. The molecule has 1 heterocycles. The zero-order valence-corrected chi connectivity index (χ0v) is 11.5. The van der Waals surface area contributed by atoms with Crippen molar-refractivity contribution in [2.45, 2.75) is 31.8 Å². The minimum atomic E-state index is -0.623. The molecule has 1 unspecified atom stereocenters. The molecule has 1 aliphatic heterocycles. The van der Waals surface area contributed by atoms with Crippen LogP contribution in [0.1, 0.15) is 31.2 Å². The van der Waals surface area contributed by atoms with E-state index in [0.29, 0.717) is 18.5 Å². The zero-order valence-electron chi connectivity index (χ0n) is 11.5. The molecule has 21 heavy (non-hydrogen) atoms. The molecule has 1 fully saturated rings. The van der Waals surface area contributed by atoms with Gasteiger partial charge in [-0.3, -0.25) is 4.79 Å². The molecule has 7 heteroatoms. The molecule has 2 rings (SSSR count). The molecule has 1 aliphatic rings. The van der Waals surface area contributed by atoms with Gasteiger partial charge < -0.3 is 21.0 Å². The molecule has 1 amide bonds. The van der Waals surface area contributed by atoms with Crippen molar-refractivity contribution in [2.24, 2.45) is 10.9 Å². The SMILES string of the molecule is NC(=NO)c1cc(NC(=O)CCC2CCCO2)ccc1F. The van der Waals surface area contributed by atoms with Gasteiger partial charge in [0.15, 0.2) is 5.84 Å². The maximum Gasteiger partial charge on any atom is 0.224 e. The van der Waals surface area contributed by atoms with Gasteiger partial charge in [-0.2, -0.15) is 0 Å². The van der Waals surface area contributed by atoms with Gasteiger partial charge in [-0.25, -0.2) is 4.39 Å². The van der Waals surface area contributed by atoms with E-state index in [2.05, 4.69) is 10.5 Å². The Balaban J connectivity index is 1.94. The van der Waals surface area contributed by atoms with E-state index in [-0.39, 0.29) is 23.4 Å². The summed E-state index contributed by atoms with van der Waals surface area (Å²) in [5, 5.41) is 14.0. The molecular weight excluding hydrogens is 277 g/mol. The van der Waals surface area contributed by atoms with Crippen molar-refractivity contribution in [3.8, 4) is 0 Å². The van der Waals surface area contributed by atoms with Crippen LogP contribution in [0.2, 0.25) is 0 Å². The molecule has 1 aromatic rings. The monoisotopic (exact) mass is 295 g/mol. The second-order valence-corrected chi connectivity index (χ2v) is 4.90. The van der Waals surface area contributed by atoms with Crippen LogP contribution in [0.3, 0.4) is 0 Å². The second kappa shape index (κ2) is 7.03. The fourth-order valence-corrected chi connectivity index (χ4v) is 2.24. The molecule has 0 spiro atoms. The number of halogens is 1. The van der Waals surface area contributed by atoms with Gasteiger partial charge in [0.25, 0.3) is 0 Å². The summed E-state index contributed by atoms with van der Waals surface area (Å²) in [6.07, 6.45) is 3.17. The quantitative estimate of drug-likeness (QED) is 0.334. The summed E-state index contributed by atoms with van der Waals surface area (Å²) in [5.74, 6) is -1.15. The molecule has 0 radical (unpaired) electrons. The van der Waals surface area contributed by atoms with E-state index in [0.717, 1.165) is 25.5 Å². The Morgan fingerprint density at radius 2 is 2.38 bits per heavy atom. The molecule has 0 aliphatic carbocycles. The minimum Gasteiger partial charge on any atom is -0.409 e. The van der Waals surface area contributed by atoms with Crippen LogP contribution in [0.5, 0.6) is 0 Å². The highest BCUT2D eigenvalue weighted by Crippen LogP contribution is 2.18. The average Bonchev–Trinajstić information content (AvgIpc) is 2.99. The number of hydrogen-bond acceptors (Lipinski definition) is 4. The van der Waals surface area contributed by atoms with Crippen molar-refractivity contribution < 1.29 is 19.1 Å². The Hall–Kier alpha value is -2.15. The fraction of sp³-hybridized carbons (Fsp3) is 0.429. The Labute approximate surface area is 121 Å². The molecule has 0 bridgehead atoms. The van der Waals surface area contributed by atoms with E-state index < -0.39 is 5.82 Å². The Bertz CT molecular complexity index is 542. The minimum absolute atomic E-state index is 0.0607. The molecule has 1 saturated heterocycles. The number of benzene rings is 1. The Kier molecular flexibility index (Phi) is 5.10. The van der Waals surface area contributed by atoms with Crippen molar-refractivity contribution in [1.29, 1.82) is 0 Å². The third-order valence-corrected chi connectivity index (χ3v) is 3.35. The van der Waals surface area contributed by atoms with E-state index in [1.807, 2.05) is 0 Å². The van der Waals surface area contributed by atoms with Crippen molar-refractivity contribution >= 4 is 17.4 Å². The lowest BCUT2D eigenvalue weighted by molar-refractivity contribution is -0.116. The topological polar surface area (TPSA) is 96.9 Å². The largest absolute Gasteiger partial charge is 0.409 e. The smallest absolute Gasteiger partial charge is 0.224 e. The van der Waals surface area contributed by atoms with E-state index in [9.17, 15) is 9.18 Å². The molecule has 4 N–H and O–H groups in total. The van der Waals surface area contributed by atoms with E-state index in [1.165, 1.54) is 12.1 Å². The first-order chi connectivity index (χ1) is 10.1. The standard InChI is InChI=1S/C14H18FN3O3/c15-12-5-3-9(8-11(12)14(16)18-20)17-13(19)6-4-10-2-1-7-21-10/h3,5,8,10,20H,1-2,4,6-7H2,(H2,16,18)(H,17,19). The maximum atomic E-state index is 13.5. The van der Waals surface area contributed by atoms with Gasteiger partial charge in [0, 0.05) is 18.7 Å². The fourth-order valence-electron chi connectivity index (χ4n) is 2.24. The maximum absolute atomic E-state index is 13.5. The number of oxime groups is 1. The summed E-state index contributed by atoms with van der Waals surface area (Å²) in [6.45, 7) is 0.757. The molecule has 0 aromatic heterocycles. The van der Waals surface area contributed by atoms with Crippen molar-refractivity contribution in [3.63, 3.8) is 0 Å². The van der Waals surface area contributed by atoms with Gasteiger partial charge in [0.05, 0.1) is 11.7 Å². The van der Waals surface area contributed by atoms with Crippen LogP contribution in [-0.4, -0.2) is 29.7 Å². The number of carbonyl (C=O) groups is 1. The predicted molar refractivity (Wildman–Crippen MR) is 75.7 cm³/mol. The lowest BCUT2D eigenvalue weighted by Gasteiger charge is -2.10. The van der Waals surface area contributed by atoms with Gasteiger partial charge >= 0.3 is 0 Å². The Morgan fingerprint density at radius 3 is 3.05 bits per heavy atom. The number of amidine groups is 1. The number of rotatable bonds is 5. The highest BCUT2D eigenvalue weighted by Gasteiger charge is 2.17. The van der Waals surface area contributed by atoms with Gasteiger partial charge in [-0.05, 0) is 37.5 Å². The summed E-state index contributed by atoms with van der Waals surface area (Å²) in [4.78, 5) is 11.8. The first-order valence-electron chi connectivity index (χ1n) is 6.79. The summed E-state index contributed by atoms with van der Waals surface area (Å²) in [7, 11) is 0. The number of nitrogens with one attached hydrogen (secondary N) is 1. The lowest BCUT2D eigenvalue weighted by atomic mass is 10.1. The number of amides is 1. The van der Waals surface area contributed by atoms with Crippen LogP contribution in [0.15, 0.2) is 23.4 Å². The molecule has 1 atom stereocenters. The molecule has 1 aromatic carbocycles. The van der Waals surface area contributed by atoms with Crippen molar-refractivity contribution in [3.05, 3.63) is 29.6 Å². The van der Waals surface area contributed by atoms with Crippen LogP contribution < -0.4 is 11.1 Å². The normalized spacial score (nSPS) is 18.7. The van der Waals surface area contributed by atoms with Gasteiger partial charge in [0.1, 0.15) is 5.82 Å². The molecule has 114 valence electrons. The summed E-state index contributed by atoms with van der Waals surface area (Å²) < 4.78 is 18.9. The number of anilines is 1. The van der Waals surface area contributed by atoms with Crippen molar-refractivity contribution in [1.82, 2.24) is 0 Å². The van der Waals surface area contributed by atoms with Gasteiger partial charge in [-0.15, -0.1) is 0 Å². The Morgan fingerprint density at radius 1 is 1.57 bits per heavy atom. The van der Waals surface area contributed by atoms with Crippen LogP contribution in [0.25, 0.3) is 0 Å². The summed E-state index contributed by atoms with van der Waals surface area (Å²) >= 11 is 0. The highest BCUT2D eigenvalue weighted by molar-refractivity contribution is 5.99. The third kappa shape index (κ3) is 4.16. The van der Waals surface area contributed by atoms with Crippen LogP contribution in [0.4, 0.5) is 10.1 Å². The molecular formula is C14H18FN3O3. The van der Waals surface area contributed by atoms with E-state index in [4.69, 9.17) is 15.7 Å². The van der Waals surface area contributed by atoms with E-state index in [1.54, 1.807) is 0 Å². The summed E-state index contributed by atoms with van der Waals surface area (Å²) in [5.41, 5.74) is 5.70. The highest BCUT2D eigenvalue weighted by atomic mass is 19.1. The third-order valence-electron chi connectivity index (χ3n) is 3.35. The van der Waals surface area contributed by atoms with Gasteiger partial charge in [0.2, 0.25) is 5.91 Å². The average molecular weight is 295 g/mol. The lowest BCUT2D eigenvalue weighted by Crippen LogP contribution is -2.18. The first kappa shape index (κ1) is 15.2. The van der Waals surface area contributed by atoms with Crippen LogP contribution in [-0.2, 0) is 9.53 Å².